The highest BCUT2D eigenvalue weighted by Crippen LogP contribution is 2.30. The first-order valence-corrected chi connectivity index (χ1v) is 10.1. The highest BCUT2D eigenvalue weighted by atomic mass is 16.5. The van der Waals surface area contributed by atoms with Crippen LogP contribution in [0.15, 0.2) is 64.6 Å². The zero-order valence-electron chi connectivity index (χ0n) is 18.2. The van der Waals surface area contributed by atoms with Crippen molar-refractivity contribution in [2.24, 2.45) is 0 Å². The number of rotatable bonds is 4. The Morgan fingerprint density at radius 2 is 1.76 bits per heavy atom. The Hall–Kier alpha value is -4.46. The number of nitrogens with one attached hydrogen (secondary N) is 1. The minimum Gasteiger partial charge on any atom is -0.465 e. The van der Waals surface area contributed by atoms with Gasteiger partial charge in [-0.3, -0.25) is 14.9 Å². The Morgan fingerprint density at radius 1 is 1.00 bits per heavy atom. The highest BCUT2D eigenvalue weighted by Gasteiger charge is 2.37. The number of urea groups is 1. The van der Waals surface area contributed by atoms with Crippen molar-refractivity contribution in [3.05, 3.63) is 82.6 Å². The summed E-state index contributed by atoms with van der Waals surface area (Å²) in [7, 11) is 1.31. The fraction of sp³-hybridized carbons (Fsp3) is 0.120. The molecule has 1 aliphatic rings. The number of para-hydroxylation sites is 1. The van der Waals surface area contributed by atoms with Gasteiger partial charge in [-0.2, -0.15) is 0 Å². The molecule has 33 heavy (non-hydrogen) atoms. The molecule has 4 rings (SSSR count). The number of ether oxygens (including phenoxy) is 1. The first-order chi connectivity index (χ1) is 15.8. The van der Waals surface area contributed by atoms with Crippen LogP contribution in [0.1, 0.15) is 27.2 Å². The Kier molecular flexibility index (Phi) is 5.66. The van der Waals surface area contributed by atoms with E-state index < -0.39 is 23.8 Å². The number of anilines is 1. The maximum Gasteiger partial charge on any atom is 0.338 e. The molecule has 1 aliphatic heterocycles. The van der Waals surface area contributed by atoms with Gasteiger partial charge in [0.1, 0.15) is 17.1 Å². The number of methoxy groups -OCH3 is 1. The summed E-state index contributed by atoms with van der Waals surface area (Å²) < 4.78 is 10.7. The molecule has 0 unspecified atom stereocenters. The van der Waals surface area contributed by atoms with Gasteiger partial charge in [-0.1, -0.05) is 30.3 Å². The van der Waals surface area contributed by atoms with Crippen molar-refractivity contribution in [2.45, 2.75) is 13.8 Å². The summed E-state index contributed by atoms with van der Waals surface area (Å²) in [4.78, 5) is 50.8. The van der Waals surface area contributed by atoms with Gasteiger partial charge < -0.3 is 9.15 Å². The molecule has 0 bridgehead atoms. The molecule has 8 heteroatoms. The van der Waals surface area contributed by atoms with Crippen LogP contribution in [0, 0.1) is 13.8 Å². The molecule has 1 fully saturated rings. The Bertz CT molecular complexity index is 1330. The number of benzene rings is 2. The summed E-state index contributed by atoms with van der Waals surface area (Å²) in [6.07, 6.45) is 1.29. The van der Waals surface area contributed by atoms with Gasteiger partial charge in [-0.05, 0) is 55.3 Å². The molecule has 1 N–H and O–H groups in total. The molecular weight excluding hydrogens is 424 g/mol. The van der Waals surface area contributed by atoms with Crippen LogP contribution < -0.4 is 10.2 Å². The largest absolute Gasteiger partial charge is 0.465 e. The summed E-state index contributed by atoms with van der Waals surface area (Å²) in [6.45, 7) is 3.53. The quantitative estimate of drug-likeness (QED) is 0.370. The number of nitrogens with zero attached hydrogens (tertiary/aromatic N) is 1. The van der Waals surface area contributed by atoms with Crippen LogP contribution in [0.2, 0.25) is 0 Å². The van der Waals surface area contributed by atoms with E-state index in [2.05, 4.69) is 5.32 Å². The van der Waals surface area contributed by atoms with Crippen LogP contribution in [-0.4, -0.2) is 30.9 Å². The summed E-state index contributed by atoms with van der Waals surface area (Å²) in [6, 6.07) is 14.5. The standard InChI is InChI=1S/C25H20N2O6/c1-14-7-4-5-10-20(14)27-23(29)19(22(28)26-25(27)31)13-16-11-12-21(33-16)17-8-6-9-18(15(17)2)24(30)32-3/h4-13H,1-3H3,(H,26,28,31)/b19-13+. The molecule has 0 saturated carbocycles. The van der Waals surface area contributed by atoms with E-state index in [1.807, 2.05) is 0 Å². The molecule has 3 aromatic rings. The van der Waals surface area contributed by atoms with E-state index in [1.54, 1.807) is 68.4 Å². The second-order valence-electron chi connectivity index (χ2n) is 7.42. The van der Waals surface area contributed by atoms with E-state index in [9.17, 15) is 19.2 Å². The van der Waals surface area contributed by atoms with E-state index in [-0.39, 0.29) is 11.3 Å². The maximum atomic E-state index is 13.1. The van der Waals surface area contributed by atoms with Crippen molar-refractivity contribution in [3.8, 4) is 11.3 Å². The van der Waals surface area contributed by atoms with Crippen LogP contribution >= 0.6 is 0 Å². The summed E-state index contributed by atoms with van der Waals surface area (Å²) in [5.74, 6) is -1.34. The monoisotopic (exact) mass is 444 g/mol. The van der Waals surface area contributed by atoms with Crippen LogP contribution in [-0.2, 0) is 14.3 Å². The van der Waals surface area contributed by atoms with Crippen molar-refractivity contribution in [1.82, 2.24) is 5.32 Å². The van der Waals surface area contributed by atoms with Gasteiger partial charge >= 0.3 is 12.0 Å². The third-order valence-corrected chi connectivity index (χ3v) is 5.38. The van der Waals surface area contributed by atoms with E-state index >= 15 is 0 Å². The molecule has 1 saturated heterocycles. The summed E-state index contributed by atoms with van der Waals surface area (Å²) in [5, 5.41) is 2.20. The van der Waals surface area contributed by atoms with Gasteiger partial charge in [0.25, 0.3) is 11.8 Å². The van der Waals surface area contributed by atoms with Gasteiger partial charge in [0.15, 0.2) is 0 Å². The van der Waals surface area contributed by atoms with Gasteiger partial charge in [-0.15, -0.1) is 0 Å². The molecule has 1 aromatic heterocycles. The molecule has 2 heterocycles. The second kappa shape index (κ2) is 8.58. The first-order valence-electron chi connectivity index (χ1n) is 10.1. The fourth-order valence-electron chi connectivity index (χ4n) is 3.64. The highest BCUT2D eigenvalue weighted by molar-refractivity contribution is 6.39. The molecule has 0 radical (unpaired) electrons. The van der Waals surface area contributed by atoms with E-state index in [0.717, 1.165) is 4.90 Å². The molecule has 0 atom stereocenters. The van der Waals surface area contributed by atoms with E-state index in [1.165, 1.54) is 13.2 Å². The van der Waals surface area contributed by atoms with Crippen molar-refractivity contribution in [3.63, 3.8) is 0 Å². The third kappa shape index (κ3) is 3.94. The molecule has 0 spiro atoms. The third-order valence-electron chi connectivity index (χ3n) is 5.38. The van der Waals surface area contributed by atoms with Crippen molar-refractivity contribution in [1.29, 1.82) is 0 Å². The predicted octanol–water partition coefficient (Wildman–Crippen LogP) is 4.02. The first kappa shape index (κ1) is 21.8. The lowest BCUT2D eigenvalue weighted by molar-refractivity contribution is -0.122. The van der Waals surface area contributed by atoms with Crippen LogP contribution in [0.4, 0.5) is 10.5 Å². The van der Waals surface area contributed by atoms with Crippen LogP contribution in [0.25, 0.3) is 17.4 Å². The minimum absolute atomic E-state index is 0.237. The van der Waals surface area contributed by atoms with E-state index in [4.69, 9.17) is 9.15 Å². The Labute approximate surface area is 189 Å². The van der Waals surface area contributed by atoms with Crippen molar-refractivity contribution < 1.29 is 28.3 Å². The van der Waals surface area contributed by atoms with Crippen molar-refractivity contribution in [2.75, 3.05) is 12.0 Å². The van der Waals surface area contributed by atoms with Crippen molar-refractivity contribution >= 4 is 35.6 Å². The fourth-order valence-corrected chi connectivity index (χ4v) is 3.64. The number of esters is 1. The predicted molar refractivity (Wildman–Crippen MR) is 120 cm³/mol. The molecule has 2 aromatic carbocycles. The summed E-state index contributed by atoms with van der Waals surface area (Å²) >= 11 is 0. The number of aryl methyl sites for hydroxylation is 1. The average Bonchev–Trinajstić information content (AvgIpc) is 3.26. The molecular formula is C25H20N2O6. The number of amides is 4. The second-order valence-corrected chi connectivity index (χ2v) is 7.42. The number of carbonyl (C=O) groups is 4. The lowest BCUT2D eigenvalue weighted by Gasteiger charge is -2.27. The zero-order valence-corrected chi connectivity index (χ0v) is 18.2. The minimum atomic E-state index is -0.813. The number of hydrogen-bond donors (Lipinski definition) is 1. The van der Waals surface area contributed by atoms with Crippen LogP contribution in [0.3, 0.4) is 0 Å². The number of furan rings is 1. The van der Waals surface area contributed by atoms with Gasteiger partial charge in [-0.25, -0.2) is 14.5 Å². The topological polar surface area (TPSA) is 106 Å². The van der Waals surface area contributed by atoms with Crippen LogP contribution in [0.5, 0.6) is 0 Å². The number of hydrogen-bond acceptors (Lipinski definition) is 6. The SMILES string of the molecule is COC(=O)c1cccc(-c2ccc(/C=C3\C(=O)NC(=O)N(c4ccccc4C)C3=O)o2)c1C. The normalized spacial score (nSPS) is 15.1. The molecule has 166 valence electrons. The lowest BCUT2D eigenvalue weighted by Crippen LogP contribution is -2.54. The molecule has 0 aliphatic carbocycles. The van der Waals surface area contributed by atoms with Gasteiger partial charge in [0.05, 0.1) is 18.4 Å². The van der Waals surface area contributed by atoms with E-state index in [0.29, 0.717) is 33.7 Å². The maximum absolute atomic E-state index is 13.1. The zero-order chi connectivity index (χ0) is 23.7. The van der Waals surface area contributed by atoms with Gasteiger partial charge in [0, 0.05) is 5.56 Å². The number of carbonyl (C=O) groups excluding carboxylic acids is 4. The summed E-state index contributed by atoms with van der Waals surface area (Å²) in [5.41, 5.74) is 2.59. The Balaban J connectivity index is 1.70. The average molecular weight is 444 g/mol. The Morgan fingerprint density at radius 3 is 2.48 bits per heavy atom. The molecule has 8 nitrogen and oxygen atoms in total. The molecule has 4 amide bonds. The van der Waals surface area contributed by atoms with Gasteiger partial charge in [0.2, 0.25) is 0 Å². The number of barbiturate groups is 1. The smallest absolute Gasteiger partial charge is 0.338 e. The number of imide groups is 2. The lowest BCUT2D eigenvalue weighted by atomic mass is 10.0.